The second-order valence-electron chi connectivity index (χ2n) is 7.07. The molecule has 1 atom stereocenters. The number of methoxy groups -OCH3 is 1. The summed E-state index contributed by atoms with van der Waals surface area (Å²) in [6.45, 7) is 0. The molecular formula is C23H20FN3O2. The molecule has 0 fully saturated rings. The van der Waals surface area contributed by atoms with Gasteiger partial charge in [0.25, 0.3) is 0 Å². The van der Waals surface area contributed by atoms with E-state index in [2.05, 4.69) is 6.07 Å². The van der Waals surface area contributed by atoms with E-state index in [0.29, 0.717) is 41.1 Å². The maximum atomic E-state index is 13.5. The first kappa shape index (κ1) is 18.8. The fraction of sp³-hybridized carbons (Fsp3) is 0.217. The van der Waals surface area contributed by atoms with Crippen molar-refractivity contribution in [2.24, 2.45) is 5.73 Å². The molecule has 5 nitrogen and oxygen atoms in total. The summed E-state index contributed by atoms with van der Waals surface area (Å²) in [6, 6.07) is 15.4. The van der Waals surface area contributed by atoms with Gasteiger partial charge < -0.3 is 10.5 Å². The Morgan fingerprint density at radius 3 is 2.45 bits per heavy atom. The SMILES string of the molecule is COc1ccc(N2C(N)=C(C#N)[C@@H](c3ccc(F)cc3)C3=C2CCCC3=O)cc1. The highest BCUT2D eigenvalue weighted by atomic mass is 19.1. The lowest BCUT2D eigenvalue weighted by molar-refractivity contribution is -0.116. The van der Waals surface area contributed by atoms with Gasteiger partial charge in [-0.3, -0.25) is 9.69 Å². The zero-order chi connectivity index (χ0) is 20.5. The van der Waals surface area contributed by atoms with Crippen molar-refractivity contribution < 1.29 is 13.9 Å². The van der Waals surface area contributed by atoms with E-state index in [1.807, 2.05) is 24.3 Å². The number of ether oxygens (including phenoxy) is 1. The number of rotatable bonds is 3. The van der Waals surface area contributed by atoms with Crippen molar-refractivity contribution in [3.63, 3.8) is 0 Å². The normalized spacial score (nSPS) is 19.1. The van der Waals surface area contributed by atoms with Gasteiger partial charge in [0.2, 0.25) is 0 Å². The lowest BCUT2D eigenvalue weighted by atomic mass is 9.75. The van der Waals surface area contributed by atoms with E-state index < -0.39 is 5.92 Å². The number of anilines is 1. The quantitative estimate of drug-likeness (QED) is 0.853. The third kappa shape index (κ3) is 3.15. The van der Waals surface area contributed by atoms with E-state index in [-0.39, 0.29) is 11.6 Å². The first-order valence-corrected chi connectivity index (χ1v) is 9.40. The molecule has 0 saturated carbocycles. The molecule has 6 heteroatoms. The van der Waals surface area contributed by atoms with Gasteiger partial charge in [0, 0.05) is 23.4 Å². The Balaban J connectivity index is 1.92. The fourth-order valence-electron chi connectivity index (χ4n) is 4.10. The number of hydrogen-bond acceptors (Lipinski definition) is 5. The predicted molar refractivity (Wildman–Crippen MR) is 107 cm³/mol. The first-order chi connectivity index (χ1) is 14.0. The summed E-state index contributed by atoms with van der Waals surface area (Å²) in [7, 11) is 1.59. The van der Waals surface area contributed by atoms with Crippen LogP contribution in [0.1, 0.15) is 30.7 Å². The number of hydrogen-bond donors (Lipinski definition) is 1. The summed E-state index contributed by atoms with van der Waals surface area (Å²) in [6.07, 6.45) is 1.81. The Labute approximate surface area is 168 Å². The van der Waals surface area contributed by atoms with E-state index in [9.17, 15) is 14.4 Å². The van der Waals surface area contributed by atoms with Crippen LogP contribution in [0.2, 0.25) is 0 Å². The van der Waals surface area contributed by atoms with Crippen LogP contribution in [0.3, 0.4) is 0 Å². The molecule has 0 bridgehead atoms. The monoisotopic (exact) mass is 389 g/mol. The van der Waals surface area contributed by atoms with Gasteiger partial charge >= 0.3 is 0 Å². The lowest BCUT2D eigenvalue weighted by Crippen LogP contribution is -2.38. The summed E-state index contributed by atoms with van der Waals surface area (Å²) in [4.78, 5) is 14.8. The largest absolute Gasteiger partial charge is 0.497 e. The molecule has 0 radical (unpaired) electrons. The van der Waals surface area contributed by atoms with Crippen molar-refractivity contribution in [1.29, 1.82) is 5.26 Å². The molecule has 2 N–H and O–H groups in total. The van der Waals surface area contributed by atoms with Crippen LogP contribution in [-0.4, -0.2) is 12.9 Å². The smallest absolute Gasteiger partial charge is 0.161 e. The van der Waals surface area contributed by atoms with Gasteiger partial charge in [-0.1, -0.05) is 12.1 Å². The number of nitrogens with zero attached hydrogens (tertiary/aromatic N) is 2. The molecule has 2 aromatic rings. The maximum absolute atomic E-state index is 13.5. The number of Topliss-reactive ketones (excluding diaryl/α,β-unsaturated/α-hetero) is 1. The van der Waals surface area contributed by atoms with Crippen LogP contribution >= 0.6 is 0 Å². The molecule has 2 aliphatic rings. The van der Waals surface area contributed by atoms with Crippen LogP contribution in [0.25, 0.3) is 0 Å². The van der Waals surface area contributed by atoms with Crippen LogP contribution in [-0.2, 0) is 4.79 Å². The van der Waals surface area contributed by atoms with E-state index >= 15 is 0 Å². The van der Waals surface area contributed by atoms with E-state index in [0.717, 1.165) is 17.8 Å². The third-order valence-electron chi connectivity index (χ3n) is 5.45. The summed E-state index contributed by atoms with van der Waals surface area (Å²) in [5.74, 6) is 0.0358. The van der Waals surface area contributed by atoms with Crippen LogP contribution in [0.15, 0.2) is 71.2 Å². The summed E-state index contributed by atoms with van der Waals surface area (Å²) in [5, 5.41) is 9.93. The number of nitriles is 1. The minimum absolute atomic E-state index is 0.000614. The van der Waals surface area contributed by atoms with Crippen molar-refractivity contribution >= 4 is 11.5 Å². The number of benzene rings is 2. The molecule has 4 rings (SSSR count). The fourth-order valence-corrected chi connectivity index (χ4v) is 4.10. The topological polar surface area (TPSA) is 79.3 Å². The van der Waals surface area contributed by atoms with E-state index in [1.165, 1.54) is 12.1 Å². The van der Waals surface area contributed by atoms with Crippen molar-refractivity contribution in [2.45, 2.75) is 25.2 Å². The number of carbonyl (C=O) groups excluding carboxylic acids is 1. The minimum atomic E-state index is -0.585. The maximum Gasteiger partial charge on any atom is 0.161 e. The van der Waals surface area contributed by atoms with Gasteiger partial charge in [-0.25, -0.2) is 4.39 Å². The number of ketones is 1. The van der Waals surface area contributed by atoms with E-state index in [1.54, 1.807) is 24.1 Å². The second kappa shape index (κ2) is 7.44. The van der Waals surface area contributed by atoms with Gasteiger partial charge in [-0.15, -0.1) is 0 Å². The second-order valence-corrected chi connectivity index (χ2v) is 7.07. The van der Waals surface area contributed by atoms with Gasteiger partial charge in [0.05, 0.1) is 24.7 Å². The Hall–Kier alpha value is -3.59. The molecule has 1 heterocycles. The van der Waals surface area contributed by atoms with Crippen molar-refractivity contribution in [2.75, 3.05) is 12.0 Å². The Morgan fingerprint density at radius 1 is 1.14 bits per heavy atom. The lowest BCUT2D eigenvalue weighted by Gasteiger charge is -2.39. The predicted octanol–water partition coefficient (Wildman–Crippen LogP) is 4.14. The van der Waals surface area contributed by atoms with Crippen LogP contribution in [0.4, 0.5) is 10.1 Å². The van der Waals surface area contributed by atoms with Crippen LogP contribution in [0, 0.1) is 17.1 Å². The Morgan fingerprint density at radius 2 is 1.83 bits per heavy atom. The molecule has 146 valence electrons. The number of halogens is 1. The van der Waals surface area contributed by atoms with Gasteiger partial charge in [-0.05, 0) is 54.8 Å². The molecule has 0 saturated heterocycles. The Kier molecular flexibility index (Phi) is 4.81. The number of carbonyl (C=O) groups is 1. The first-order valence-electron chi connectivity index (χ1n) is 9.40. The molecule has 0 aromatic heterocycles. The van der Waals surface area contributed by atoms with Crippen LogP contribution < -0.4 is 15.4 Å². The minimum Gasteiger partial charge on any atom is -0.497 e. The molecule has 2 aromatic carbocycles. The molecule has 0 unspecified atom stereocenters. The summed E-state index contributed by atoms with van der Waals surface area (Å²) >= 11 is 0. The number of allylic oxidation sites excluding steroid dienone is 3. The molecule has 0 amide bonds. The highest BCUT2D eigenvalue weighted by Crippen LogP contribution is 2.46. The number of nitrogens with two attached hydrogens (primary N) is 1. The van der Waals surface area contributed by atoms with Crippen LogP contribution in [0.5, 0.6) is 5.75 Å². The highest BCUT2D eigenvalue weighted by Gasteiger charge is 2.40. The Bertz CT molecular complexity index is 1060. The van der Waals surface area contributed by atoms with Gasteiger partial charge in [0.15, 0.2) is 5.78 Å². The zero-order valence-corrected chi connectivity index (χ0v) is 16.0. The van der Waals surface area contributed by atoms with Gasteiger partial charge in [-0.2, -0.15) is 5.26 Å². The molecule has 29 heavy (non-hydrogen) atoms. The molecular weight excluding hydrogens is 369 g/mol. The van der Waals surface area contributed by atoms with Crippen molar-refractivity contribution in [1.82, 2.24) is 0 Å². The third-order valence-corrected chi connectivity index (χ3v) is 5.45. The molecule has 0 spiro atoms. The van der Waals surface area contributed by atoms with Gasteiger partial charge in [0.1, 0.15) is 17.4 Å². The average molecular weight is 389 g/mol. The van der Waals surface area contributed by atoms with Crippen molar-refractivity contribution in [3.8, 4) is 11.8 Å². The van der Waals surface area contributed by atoms with E-state index in [4.69, 9.17) is 10.5 Å². The summed E-state index contributed by atoms with van der Waals surface area (Å²) in [5.41, 5.74) is 9.59. The molecule has 1 aliphatic carbocycles. The average Bonchev–Trinajstić information content (AvgIpc) is 2.74. The zero-order valence-electron chi connectivity index (χ0n) is 16.0. The summed E-state index contributed by atoms with van der Waals surface area (Å²) < 4.78 is 18.7. The standard InChI is InChI=1S/C23H20FN3O2/c1-29-17-11-9-16(10-12-17)27-19-3-2-4-20(28)22(19)21(18(13-25)23(27)26)14-5-7-15(24)8-6-14/h5-12,21H,2-4,26H2,1H3/t21-/m1/s1. The van der Waals surface area contributed by atoms with Crippen molar-refractivity contribution in [3.05, 3.63) is 82.6 Å². The molecule has 1 aliphatic heterocycles. The highest BCUT2D eigenvalue weighted by molar-refractivity contribution is 6.01.